The molecular weight excluding hydrogens is 334 g/mol. The number of thioether (sulfide) groups is 1. The molecule has 25 heavy (non-hydrogen) atoms. The minimum Gasteiger partial charge on any atom is -0.493 e. The van der Waals surface area contributed by atoms with Crippen LogP contribution in [0.4, 0.5) is 0 Å². The molecule has 0 heterocycles. The van der Waals surface area contributed by atoms with Crippen LogP contribution in [0.5, 0.6) is 11.5 Å². The summed E-state index contributed by atoms with van der Waals surface area (Å²) >= 11 is 1.82. The molecular formula is C19H25N3O2S. The van der Waals surface area contributed by atoms with Crippen LogP contribution in [-0.2, 0) is 6.54 Å². The number of ether oxygens (including phenoxy) is 2. The van der Waals surface area contributed by atoms with E-state index in [1.165, 1.54) is 4.90 Å². The third-order valence-electron chi connectivity index (χ3n) is 3.54. The van der Waals surface area contributed by atoms with E-state index in [1.54, 1.807) is 21.3 Å². The van der Waals surface area contributed by atoms with Crippen LogP contribution < -0.4 is 20.1 Å². The van der Waals surface area contributed by atoms with Crippen LogP contribution in [0.3, 0.4) is 0 Å². The van der Waals surface area contributed by atoms with Crippen molar-refractivity contribution >= 4 is 17.7 Å². The molecule has 0 atom stereocenters. The highest BCUT2D eigenvalue weighted by Gasteiger charge is 2.05. The molecule has 6 heteroatoms. The molecule has 2 aromatic carbocycles. The summed E-state index contributed by atoms with van der Waals surface area (Å²) in [5, 5.41) is 6.63. The van der Waals surface area contributed by atoms with Crippen LogP contribution >= 0.6 is 11.8 Å². The van der Waals surface area contributed by atoms with Gasteiger partial charge in [-0.25, -0.2) is 0 Å². The number of rotatable bonds is 8. The first-order valence-corrected chi connectivity index (χ1v) is 9.08. The third kappa shape index (κ3) is 6.23. The van der Waals surface area contributed by atoms with Gasteiger partial charge in [-0.05, 0) is 29.8 Å². The number of nitrogens with one attached hydrogen (secondary N) is 2. The molecule has 0 amide bonds. The Hall–Kier alpha value is -2.34. The van der Waals surface area contributed by atoms with Crippen molar-refractivity contribution in [2.45, 2.75) is 11.4 Å². The van der Waals surface area contributed by atoms with Crippen molar-refractivity contribution in [2.75, 3.05) is 33.6 Å². The maximum Gasteiger partial charge on any atom is 0.191 e. The minimum absolute atomic E-state index is 0.659. The lowest BCUT2D eigenvalue weighted by atomic mass is 10.2. The van der Waals surface area contributed by atoms with E-state index < -0.39 is 0 Å². The number of hydrogen-bond acceptors (Lipinski definition) is 4. The molecule has 5 nitrogen and oxygen atoms in total. The van der Waals surface area contributed by atoms with E-state index in [4.69, 9.17) is 9.47 Å². The predicted octanol–water partition coefficient (Wildman–Crippen LogP) is 3.16. The van der Waals surface area contributed by atoms with Gasteiger partial charge in [0.2, 0.25) is 0 Å². The molecule has 0 spiro atoms. The highest BCUT2D eigenvalue weighted by molar-refractivity contribution is 7.99. The van der Waals surface area contributed by atoms with Gasteiger partial charge < -0.3 is 20.1 Å². The van der Waals surface area contributed by atoms with Gasteiger partial charge in [0, 0.05) is 30.8 Å². The Kier molecular flexibility index (Phi) is 7.98. The predicted molar refractivity (Wildman–Crippen MR) is 105 cm³/mol. The Balaban J connectivity index is 1.76. The minimum atomic E-state index is 0.659. The summed E-state index contributed by atoms with van der Waals surface area (Å²) in [7, 11) is 5.04. The van der Waals surface area contributed by atoms with Crippen LogP contribution in [0.1, 0.15) is 5.56 Å². The van der Waals surface area contributed by atoms with Gasteiger partial charge in [-0.15, -0.1) is 11.8 Å². The number of hydrogen-bond donors (Lipinski definition) is 2. The summed E-state index contributed by atoms with van der Waals surface area (Å²) in [4.78, 5) is 5.53. The normalized spacial score (nSPS) is 11.1. The van der Waals surface area contributed by atoms with Crippen LogP contribution in [0.15, 0.2) is 58.4 Å². The number of methoxy groups -OCH3 is 2. The fraction of sp³-hybridized carbons (Fsp3) is 0.316. The highest BCUT2D eigenvalue weighted by atomic mass is 32.2. The van der Waals surface area contributed by atoms with Crippen LogP contribution in [-0.4, -0.2) is 39.5 Å². The Morgan fingerprint density at radius 1 is 1.00 bits per heavy atom. The second-order valence-electron chi connectivity index (χ2n) is 5.20. The van der Waals surface area contributed by atoms with E-state index >= 15 is 0 Å². The van der Waals surface area contributed by atoms with E-state index in [9.17, 15) is 0 Å². The van der Waals surface area contributed by atoms with Gasteiger partial charge in [0.1, 0.15) is 0 Å². The van der Waals surface area contributed by atoms with E-state index in [0.29, 0.717) is 6.54 Å². The summed E-state index contributed by atoms with van der Waals surface area (Å²) in [6.07, 6.45) is 0. The average Bonchev–Trinajstić information content (AvgIpc) is 2.68. The molecule has 0 aliphatic heterocycles. The van der Waals surface area contributed by atoms with Gasteiger partial charge in [0.15, 0.2) is 17.5 Å². The Morgan fingerprint density at radius 3 is 2.44 bits per heavy atom. The van der Waals surface area contributed by atoms with Crippen molar-refractivity contribution in [1.29, 1.82) is 0 Å². The smallest absolute Gasteiger partial charge is 0.191 e. The second kappa shape index (κ2) is 10.5. The first-order chi connectivity index (χ1) is 12.3. The van der Waals surface area contributed by atoms with Crippen LogP contribution in [0.2, 0.25) is 0 Å². The number of guanidine groups is 1. The summed E-state index contributed by atoms with van der Waals surface area (Å²) in [6, 6.07) is 16.3. The first-order valence-electron chi connectivity index (χ1n) is 8.10. The van der Waals surface area contributed by atoms with Gasteiger partial charge in [-0.1, -0.05) is 24.3 Å². The molecule has 2 aromatic rings. The van der Waals surface area contributed by atoms with Crippen molar-refractivity contribution in [1.82, 2.24) is 10.6 Å². The van der Waals surface area contributed by atoms with E-state index in [-0.39, 0.29) is 0 Å². The molecule has 2 rings (SSSR count). The van der Waals surface area contributed by atoms with E-state index in [0.717, 1.165) is 35.3 Å². The molecule has 2 N–H and O–H groups in total. The maximum absolute atomic E-state index is 5.33. The number of aliphatic imine (C=N–C) groups is 1. The molecule has 0 bridgehead atoms. The summed E-state index contributed by atoms with van der Waals surface area (Å²) in [5.74, 6) is 3.21. The highest BCUT2D eigenvalue weighted by Crippen LogP contribution is 2.27. The molecule has 0 fully saturated rings. The van der Waals surface area contributed by atoms with Gasteiger partial charge in [0.25, 0.3) is 0 Å². The number of benzene rings is 2. The zero-order valence-electron chi connectivity index (χ0n) is 14.9. The van der Waals surface area contributed by atoms with Gasteiger partial charge >= 0.3 is 0 Å². The maximum atomic E-state index is 5.33. The Morgan fingerprint density at radius 2 is 1.76 bits per heavy atom. The zero-order valence-corrected chi connectivity index (χ0v) is 15.7. The molecule has 0 aromatic heterocycles. The lowest BCUT2D eigenvalue weighted by Crippen LogP contribution is -2.37. The summed E-state index contributed by atoms with van der Waals surface area (Å²) < 4.78 is 10.6. The first kappa shape index (κ1) is 19.0. The molecule has 0 saturated heterocycles. The monoisotopic (exact) mass is 359 g/mol. The SMILES string of the molecule is CN=C(NCCSc1ccccc1)NCc1ccc(OC)c(OC)c1. The molecule has 0 saturated carbocycles. The van der Waals surface area contributed by atoms with Crippen molar-refractivity contribution in [3.63, 3.8) is 0 Å². The average molecular weight is 359 g/mol. The fourth-order valence-electron chi connectivity index (χ4n) is 2.25. The molecule has 0 aliphatic rings. The topological polar surface area (TPSA) is 54.9 Å². The molecule has 134 valence electrons. The van der Waals surface area contributed by atoms with Crippen LogP contribution in [0.25, 0.3) is 0 Å². The van der Waals surface area contributed by atoms with Crippen LogP contribution in [0, 0.1) is 0 Å². The summed E-state index contributed by atoms with van der Waals surface area (Å²) in [5.41, 5.74) is 1.10. The third-order valence-corrected chi connectivity index (χ3v) is 4.55. The molecule has 0 unspecified atom stereocenters. The standard InChI is InChI=1S/C19H25N3O2S/c1-20-19(21-11-12-25-16-7-5-4-6-8-16)22-14-15-9-10-17(23-2)18(13-15)24-3/h4-10,13H,11-12,14H2,1-3H3,(H2,20,21,22). The Bertz CT molecular complexity index is 678. The van der Waals surface area contributed by atoms with Gasteiger partial charge in [0.05, 0.1) is 14.2 Å². The largest absolute Gasteiger partial charge is 0.493 e. The van der Waals surface area contributed by atoms with Crippen molar-refractivity contribution in [3.8, 4) is 11.5 Å². The second-order valence-corrected chi connectivity index (χ2v) is 6.37. The Labute approximate surface area is 153 Å². The van der Waals surface area contributed by atoms with E-state index in [1.807, 2.05) is 36.0 Å². The fourth-order valence-corrected chi connectivity index (χ4v) is 3.04. The summed E-state index contributed by atoms with van der Waals surface area (Å²) in [6.45, 7) is 1.50. The van der Waals surface area contributed by atoms with Gasteiger partial charge in [-0.2, -0.15) is 0 Å². The van der Waals surface area contributed by atoms with E-state index in [2.05, 4.69) is 39.9 Å². The lowest BCUT2D eigenvalue weighted by Gasteiger charge is -2.13. The zero-order chi connectivity index (χ0) is 17.9. The van der Waals surface area contributed by atoms with Gasteiger partial charge in [-0.3, -0.25) is 4.99 Å². The molecule has 0 aliphatic carbocycles. The van der Waals surface area contributed by atoms with Crippen molar-refractivity contribution in [3.05, 3.63) is 54.1 Å². The van der Waals surface area contributed by atoms with Crippen molar-refractivity contribution in [2.24, 2.45) is 4.99 Å². The van der Waals surface area contributed by atoms with Crippen molar-refractivity contribution < 1.29 is 9.47 Å². The number of nitrogens with zero attached hydrogens (tertiary/aromatic N) is 1. The quantitative estimate of drug-likeness (QED) is 0.328. The molecule has 0 radical (unpaired) electrons. The lowest BCUT2D eigenvalue weighted by molar-refractivity contribution is 0.354.